The number of nitrogens with zero attached hydrogens (tertiary/aromatic N) is 1. The summed E-state index contributed by atoms with van der Waals surface area (Å²) >= 11 is 0.123. The molecule has 21 heavy (non-hydrogen) atoms. The van der Waals surface area contributed by atoms with Gasteiger partial charge in [-0.1, -0.05) is 0 Å². The van der Waals surface area contributed by atoms with Gasteiger partial charge in [0.25, 0.3) is 0 Å². The number of amides is 1. The summed E-state index contributed by atoms with van der Waals surface area (Å²) in [6, 6.07) is 10.8. The SMILES string of the molecule is O=C1CC2C3CCCCC(=O)[C@]3([Se]c3ccccc3)CN12. The molecular formula is C17H19NO2Se. The molecule has 3 atom stereocenters. The second-order valence-electron chi connectivity index (χ2n) is 6.37. The van der Waals surface area contributed by atoms with Crippen LogP contribution in [0.2, 0.25) is 4.31 Å². The van der Waals surface area contributed by atoms with E-state index in [9.17, 15) is 9.59 Å². The van der Waals surface area contributed by atoms with E-state index in [2.05, 4.69) is 24.3 Å². The van der Waals surface area contributed by atoms with Gasteiger partial charge in [-0.3, -0.25) is 0 Å². The fourth-order valence-electron chi connectivity index (χ4n) is 4.17. The average molecular weight is 348 g/mol. The molecule has 4 rings (SSSR count). The van der Waals surface area contributed by atoms with Crippen LogP contribution in [0.1, 0.15) is 32.1 Å². The van der Waals surface area contributed by atoms with Crippen LogP contribution >= 0.6 is 0 Å². The monoisotopic (exact) mass is 349 g/mol. The minimum atomic E-state index is -0.248. The molecule has 0 radical (unpaired) electrons. The third-order valence-electron chi connectivity index (χ3n) is 5.26. The van der Waals surface area contributed by atoms with Crippen LogP contribution in [0.25, 0.3) is 0 Å². The van der Waals surface area contributed by atoms with Gasteiger partial charge in [-0.15, -0.1) is 0 Å². The first-order valence-electron chi connectivity index (χ1n) is 7.77. The molecular weight excluding hydrogens is 329 g/mol. The third kappa shape index (κ3) is 2.00. The molecule has 0 spiro atoms. The van der Waals surface area contributed by atoms with Crippen molar-refractivity contribution in [1.82, 2.24) is 4.90 Å². The first-order chi connectivity index (χ1) is 10.2. The van der Waals surface area contributed by atoms with E-state index in [0.717, 1.165) is 19.3 Å². The number of ketones is 1. The summed E-state index contributed by atoms with van der Waals surface area (Å²) in [5.74, 6) is 1.09. The number of β-lactam (4-membered cyclic amide) rings is 1. The Labute approximate surface area is 131 Å². The van der Waals surface area contributed by atoms with Crippen molar-refractivity contribution in [3.8, 4) is 0 Å². The van der Waals surface area contributed by atoms with Gasteiger partial charge < -0.3 is 0 Å². The molecule has 1 amide bonds. The molecule has 1 aromatic rings. The zero-order chi connectivity index (χ0) is 14.4. The zero-order valence-corrected chi connectivity index (χ0v) is 13.7. The van der Waals surface area contributed by atoms with E-state index in [1.807, 2.05) is 11.0 Å². The van der Waals surface area contributed by atoms with Gasteiger partial charge in [0.2, 0.25) is 0 Å². The number of rotatable bonds is 2. The van der Waals surface area contributed by atoms with Gasteiger partial charge >= 0.3 is 131 Å². The first-order valence-corrected chi connectivity index (χ1v) is 9.49. The van der Waals surface area contributed by atoms with E-state index in [0.29, 0.717) is 37.1 Å². The molecule has 1 aliphatic carbocycles. The molecule has 3 nitrogen and oxygen atoms in total. The first kappa shape index (κ1) is 13.5. The summed E-state index contributed by atoms with van der Waals surface area (Å²) < 4.78 is 1.04. The van der Waals surface area contributed by atoms with Gasteiger partial charge in [0.05, 0.1) is 0 Å². The molecule has 3 aliphatic rings. The summed E-state index contributed by atoms with van der Waals surface area (Å²) in [6.07, 6.45) is 4.67. The van der Waals surface area contributed by atoms with E-state index >= 15 is 0 Å². The summed E-state index contributed by atoms with van der Waals surface area (Å²) in [6.45, 7) is 0.689. The second kappa shape index (κ2) is 4.96. The molecule has 2 heterocycles. The topological polar surface area (TPSA) is 37.4 Å². The Balaban J connectivity index is 1.72. The van der Waals surface area contributed by atoms with E-state index in [1.54, 1.807) is 0 Å². The van der Waals surface area contributed by atoms with E-state index in [-0.39, 0.29) is 25.2 Å². The molecule has 1 saturated carbocycles. The van der Waals surface area contributed by atoms with Crippen LogP contribution in [0.15, 0.2) is 30.3 Å². The Hall–Kier alpha value is -1.12. The van der Waals surface area contributed by atoms with Gasteiger partial charge in [0.15, 0.2) is 0 Å². The third-order valence-corrected chi connectivity index (χ3v) is 8.47. The van der Waals surface area contributed by atoms with Crippen LogP contribution in [-0.4, -0.2) is 44.1 Å². The molecule has 0 bridgehead atoms. The van der Waals surface area contributed by atoms with Crippen molar-refractivity contribution in [3.05, 3.63) is 30.3 Å². The van der Waals surface area contributed by atoms with Crippen molar-refractivity contribution >= 4 is 31.1 Å². The number of benzene rings is 1. The zero-order valence-electron chi connectivity index (χ0n) is 12.0. The number of fused-ring (bicyclic) bond motifs is 3. The molecule has 2 saturated heterocycles. The van der Waals surface area contributed by atoms with Crippen LogP contribution in [-0.2, 0) is 9.59 Å². The van der Waals surface area contributed by atoms with Crippen molar-refractivity contribution in [3.63, 3.8) is 0 Å². The number of Topliss-reactive ketones (excluding diaryl/α,β-unsaturated/α-hetero) is 1. The Morgan fingerprint density at radius 1 is 1.14 bits per heavy atom. The Morgan fingerprint density at radius 3 is 2.71 bits per heavy atom. The molecule has 110 valence electrons. The molecule has 0 N–H and O–H groups in total. The summed E-state index contributed by atoms with van der Waals surface area (Å²) in [4.78, 5) is 26.8. The van der Waals surface area contributed by atoms with Gasteiger partial charge in [-0.05, 0) is 0 Å². The summed E-state index contributed by atoms with van der Waals surface area (Å²) in [5.41, 5.74) is 0. The maximum atomic E-state index is 12.9. The molecule has 2 aliphatic heterocycles. The van der Waals surface area contributed by atoms with Crippen LogP contribution < -0.4 is 4.46 Å². The number of hydrogen-bond donors (Lipinski definition) is 0. The Bertz CT molecular complexity index is 588. The molecule has 1 aromatic carbocycles. The standard InChI is InChI=1S/C17H19NO2Se/c19-15-9-5-4-8-13-14-10-16(20)18(14)11-17(13,15)21-12-6-2-1-3-7-12/h1-3,6-7,13-14H,4-5,8-11H2/t13?,14?,17-/m0/s1. The molecule has 2 unspecified atom stereocenters. The van der Waals surface area contributed by atoms with Crippen molar-refractivity contribution < 1.29 is 9.59 Å². The summed E-state index contributed by atoms with van der Waals surface area (Å²) in [5, 5.41) is 0. The van der Waals surface area contributed by atoms with Crippen molar-refractivity contribution in [2.24, 2.45) is 5.92 Å². The van der Waals surface area contributed by atoms with Gasteiger partial charge in [-0.2, -0.15) is 0 Å². The molecule has 0 aromatic heterocycles. The van der Waals surface area contributed by atoms with Crippen molar-refractivity contribution in [2.45, 2.75) is 42.5 Å². The number of carbonyl (C=O) groups excluding carboxylic acids is 2. The summed E-state index contributed by atoms with van der Waals surface area (Å²) in [7, 11) is 0. The molecule has 4 heteroatoms. The van der Waals surface area contributed by atoms with Crippen molar-refractivity contribution in [2.75, 3.05) is 6.54 Å². The fraction of sp³-hybridized carbons (Fsp3) is 0.529. The van der Waals surface area contributed by atoms with E-state index < -0.39 is 0 Å². The van der Waals surface area contributed by atoms with Crippen LogP contribution in [0.4, 0.5) is 0 Å². The predicted octanol–water partition coefficient (Wildman–Crippen LogP) is 1.55. The van der Waals surface area contributed by atoms with E-state index in [1.165, 1.54) is 4.46 Å². The Morgan fingerprint density at radius 2 is 1.95 bits per heavy atom. The number of carbonyl (C=O) groups is 2. The Kier molecular flexibility index (Phi) is 3.20. The van der Waals surface area contributed by atoms with Crippen molar-refractivity contribution in [1.29, 1.82) is 0 Å². The van der Waals surface area contributed by atoms with Gasteiger partial charge in [-0.25, -0.2) is 0 Å². The predicted molar refractivity (Wildman–Crippen MR) is 81.6 cm³/mol. The van der Waals surface area contributed by atoms with Crippen LogP contribution in [0.5, 0.6) is 0 Å². The molecule has 3 fully saturated rings. The normalized spacial score (nSPS) is 35.0. The average Bonchev–Trinajstić information content (AvgIpc) is 2.64. The minimum absolute atomic E-state index is 0.123. The maximum absolute atomic E-state index is 12.9. The van der Waals surface area contributed by atoms with Gasteiger partial charge in [0.1, 0.15) is 0 Å². The van der Waals surface area contributed by atoms with Crippen LogP contribution in [0.3, 0.4) is 0 Å². The van der Waals surface area contributed by atoms with E-state index in [4.69, 9.17) is 0 Å². The van der Waals surface area contributed by atoms with Gasteiger partial charge in [0, 0.05) is 0 Å². The number of hydrogen-bond acceptors (Lipinski definition) is 2. The second-order valence-corrected chi connectivity index (χ2v) is 9.32. The quantitative estimate of drug-likeness (QED) is 0.601. The fourth-order valence-corrected chi connectivity index (χ4v) is 7.44. The van der Waals surface area contributed by atoms with Crippen LogP contribution in [0, 0.1) is 5.92 Å².